The molecule has 0 atom stereocenters. The Morgan fingerprint density at radius 3 is 2.39 bits per heavy atom. The molecule has 0 aliphatic carbocycles. The highest BCUT2D eigenvalue weighted by Crippen LogP contribution is 2.32. The second-order valence-corrected chi connectivity index (χ2v) is 8.29. The lowest BCUT2D eigenvalue weighted by atomic mass is 10.1. The van der Waals surface area contributed by atoms with Gasteiger partial charge in [0.1, 0.15) is 0 Å². The minimum atomic E-state index is -3.50. The highest BCUT2D eigenvalue weighted by Gasteiger charge is 2.21. The molecule has 0 radical (unpaired) electrons. The highest BCUT2D eigenvalue weighted by atomic mass is 32.2. The fourth-order valence-electron chi connectivity index (χ4n) is 3.00. The van der Waals surface area contributed by atoms with Crippen LogP contribution < -0.4 is 14.8 Å². The number of fused-ring (bicyclic) bond motifs is 1. The zero-order chi connectivity index (χ0) is 20.1. The fourth-order valence-corrected chi connectivity index (χ4v) is 4.46. The SMILES string of the molecule is CCN(CC)S(=O)(=O)c1ccc(NC(=O)CCc2ccc3c(c2)OCO3)cc1. The number of rotatable bonds is 8. The second-order valence-electron chi connectivity index (χ2n) is 6.35. The molecule has 0 fully saturated rings. The van der Waals surface area contributed by atoms with Crippen molar-refractivity contribution in [3.8, 4) is 11.5 Å². The van der Waals surface area contributed by atoms with E-state index in [-0.39, 0.29) is 17.6 Å². The average Bonchev–Trinajstić information content (AvgIpc) is 3.15. The maximum atomic E-state index is 12.5. The van der Waals surface area contributed by atoms with E-state index in [1.807, 2.05) is 18.2 Å². The number of amides is 1. The molecule has 0 spiro atoms. The van der Waals surface area contributed by atoms with Crippen molar-refractivity contribution in [1.82, 2.24) is 4.31 Å². The van der Waals surface area contributed by atoms with Crippen molar-refractivity contribution in [3.63, 3.8) is 0 Å². The van der Waals surface area contributed by atoms with Crippen LogP contribution in [0.15, 0.2) is 47.4 Å². The fraction of sp³-hybridized carbons (Fsp3) is 0.350. The zero-order valence-corrected chi connectivity index (χ0v) is 16.8. The minimum Gasteiger partial charge on any atom is -0.454 e. The maximum absolute atomic E-state index is 12.5. The summed E-state index contributed by atoms with van der Waals surface area (Å²) in [6, 6.07) is 11.9. The zero-order valence-electron chi connectivity index (χ0n) is 16.0. The number of nitrogens with one attached hydrogen (secondary N) is 1. The Balaban J connectivity index is 1.57. The van der Waals surface area contributed by atoms with Gasteiger partial charge in [0.25, 0.3) is 0 Å². The Morgan fingerprint density at radius 1 is 1.04 bits per heavy atom. The van der Waals surface area contributed by atoms with Crippen molar-refractivity contribution in [2.75, 3.05) is 25.2 Å². The molecule has 1 aliphatic heterocycles. The number of carbonyl (C=O) groups excluding carboxylic acids is 1. The molecule has 0 saturated heterocycles. The van der Waals surface area contributed by atoms with Crippen molar-refractivity contribution in [3.05, 3.63) is 48.0 Å². The van der Waals surface area contributed by atoms with Crippen LogP contribution in [0.25, 0.3) is 0 Å². The maximum Gasteiger partial charge on any atom is 0.243 e. The largest absolute Gasteiger partial charge is 0.454 e. The van der Waals surface area contributed by atoms with Gasteiger partial charge in [-0.3, -0.25) is 4.79 Å². The average molecular weight is 404 g/mol. The van der Waals surface area contributed by atoms with Crippen molar-refractivity contribution in [2.24, 2.45) is 0 Å². The van der Waals surface area contributed by atoms with Crippen LogP contribution in [0.2, 0.25) is 0 Å². The topological polar surface area (TPSA) is 84.9 Å². The molecule has 3 rings (SSSR count). The molecule has 1 N–H and O–H groups in total. The third-order valence-corrected chi connectivity index (χ3v) is 6.62. The van der Waals surface area contributed by atoms with Gasteiger partial charge in [-0.05, 0) is 48.4 Å². The number of hydrogen-bond donors (Lipinski definition) is 1. The summed E-state index contributed by atoms with van der Waals surface area (Å²) in [7, 11) is -3.50. The van der Waals surface area contributed by atoms with Gasteiger partial charge in [0.2, 0.25) is 22.7 Å². The summed E-state index contributed by atoms with van der Waals surface area (Å²) in [5.41, 5.74) is 1.55. The first-order valence-electron chi connectivity index (χ1n) is 9.22. The number of aryl methyl sites for hydroxylation is 1. The molecular weight excluding hydrogens is 380 g/mol. The van der Waals surface area contributed by atoms with E-state index < -0.39 is 10.0 Å². The summed E-state index contributed by atoms with van der Waals surface area (Å²) < 4.78 is 37.0. The second kappa shape index (κ2) is 8.62. The van der Waals surface area contributed by atoms with Crippen LogP contribution in [0.1, 0.15) is 25.8 Å². The van der Waals surface area contributed by atoms with Crippen LogP contribution in [0.5, 0.6) is 11.5 Å². The Morgan fingerprint density at radius 2 is 1.71 bits per heavy atom. The number of anilines is 1. The van der Waals surface area contributed by atoms with Crippen LogP contribution in [0, 0.1) is 0 Å². The minimum absolute atomic E-state index is 0.142. The van der Waals surface area contributed by atoms with Gasteiger partial charge in [0.15, 0.2) is 11.5 Å². The van der Waals surface area contributed by atoms with Gasteiger partial charge in [0.05, 0.1) is 4.90 Å². The highest BCUT2D eigenvalue weighted by molar-refractivity contribution is 7.89. The van der Waals surface area contributed by atoms with Crippen LogP contribution in [0.3, 0.4) is 0 Å². The van der Waals surface area contributed by atoms with E-state index in [2.05, 4.69) is 5.32 Å². The van der Waals surface area contributed by atoms with Gasteiger partial charge in [-0.2, -0.15) is 4.31 Å². The van der Waals surface area contributed by atoms with Crippen LogP contribution in [-0.4, -0.2) is 38.5 Å². The van der Waals surface area contributed by atoms with Crippen LogP contribution in [0.4, 0.5) is 5.69 Å². The summed E-state index contributed by atoms with van der Waals surface area (Å²) in [6.07, 6.45) is 0.871. The first-order chi connectivity index (χ1) is 13.4. The van der Waals surface area contributed by atoms with Crippen molar-refractivity contribution >= 4 is 21.6 Å². The first kappa shape index (κ1) is 20.2. The van der Waals surface area contributed by atoms with Gasteiger partial charge >= 0.3 is 0 Å². The van der Waals surface area contributed by atoms with Crippen molar-refractivity contribution in [1.29, 1.82) is 0 Å². The molecule has 0 bridgehead atoms. The Bertz CT molecular complexity index is 938. The van der Waals surface area contributed by atoms with E-state index in [1.54, 1.807) is 26.0 Å². The molecule has 7 nitrogen and oxygen atoms in total. The quantitative estimate of drug-likeness (QED) is 0.731. The molecule has 1 amide bonds. The lowest BCUT2D eigenvalue weighted by Gasteiger charge is -2.18. The molecule has 1 heterocycles. The number of hydrogen-bond acceptors (Lipinski definition) is 5. The number of carbonyl (C=O) groups is 1. The van der Waals surface area contributed by atoms with E-state index in [1.165, 1.54) is 16.4 Å². The van der Waals surface area contributed by atoms with Gasteiger partial charge in [-0.1, -0.05) is 19.9 Å². The predicted molar refractivity (Wildman–Crippen MR) is 106 cm³/mol. The van der Waals surface area contributed by atoms with E-state index in [4.69, 9.17) is 9.47 Å². The number of nitrogens with zero attached hydrogens (tertiary/aromatic N) is 1. The standard InChI is InChI=1S/C20H24N2O5S/c1-3-22(4-2)28(24,25)17-9-7-16(8-10-17)21-20(23)12-6-15-5-11-18-19(13-15)27-14-26-18/h5,7-11,13H,3-4,6,12,14H2,1-2H3,(H,21,23). The molecule has 150 valence electrons. The predicted octanol–water partition coefficient (Wildman–Crippen LogP) is 3.02. The lowest BCUT2D eigenvalue weighted by Crippen LogP contribution is -2.30. The molecule has 1 aliphatic rings. The monoisotopic (exact) mass is 404 g/mol. The molecule has 0 aromatic heterocycles. The third kappa shape index (κ3) is 4.45. The Hall–Kier alpha value is -2.58. The summed E-state index contributed by atoms with van der Waals surface area (Å²) >= 11 is 0. The van der Waals surface area contributed by atoms with E-state index in [9.17, 15) is 13.2 Å². The smallest absolute Gasteiger partial charge is 0.243 e. The van der Waals surface area contributed by atoms with E-state index in [0.717, 1.165) is 5.56 Å². The Labute approximate surface area is 165 Å². The third-order valence-electron chi connectivity index (χ3n) is 4.56. The molecule has 8 heteroatoms. The molecule has 28 heavy (non-hydrogen) atoms. The van der Waals surface area contributed by atoms with Crippen LogP contribution >= 0.6 is 0 Å². The normalized spacial score (nSPS) is 13.0. The number of ether oxygens (including phenoxy) is 2. The number of benzene rings is 2. The molecule has 2 aromatic carbocycles. The van der Waals surface area contributed by atoms with E-state index in [0.29, 0.717) is 43.1 Å². The van der Waals surface area contributed by atoms with Gasteiger partial charge in [0, 0.05) is 25.2 Å². The van der Waals surface area contributed by atoms with E-state index >= 15 is 0 Å². The molecule has 2 aromatic rings. The summed E-state index contributed by atoms with van der Waals surface area (Å²) in [5, 5.41) is 2.80. The summed E-state index contributed by atoms with van der Waals surface area (Å²) in [5.74, 6) is 1.27. The van der Waals surface area contributed by atoms with Crippen molar-refractivity contribution < 1.29 is 22.7 Å². The number of sulfonamides is 1. The molecule has 0 unspecified atom stereocenters. The first-order valence-corrected chi connectivity index (χ1v) is 10.7. The van der Waals surface area contributed by atoms with Gasteiger partial charge in [-0.15, -0.1) is 0 Å². The Kier molecular flexibility index (Phi) is 6.21. The molecule has 0 saturated carbocycles. The summed E-state index contributed by atoms with van der Waals surface area (Å²) in [6.45, 7) is 4.65. The molecular formula is C20H24N2O5S. The summed E-state index contributed by atoms with van der Waals surface area (Å²) in [4.78, 5) is 12.4. The lowest BCUT2D eigenvalue weighted by molar-refractivity contribution is -0.116. The van der Waals surface area contributed by atoms with Gasteiger partial charge in [-0.25, -0.2) is 8.42 Å². The van der Waals surface area contributed by atoms with Crippen LogP contribution in [-0.2, 0) is 21.2 Å². The van der Waals surface area contributed by atoms with Crippen molar-refractivity contribution in [2.45, 2.75) is 31.6 Å². The van der Waals surface area contributed by atoms with Gasteiger partial charge < -0.3 is 14.8 Å².